The highest BCUT2D eigenvalue weighted by Gasteiger charge is 2.45. The fraction of sp³-hybridized carbons (Fsp3) is 0.368. The first-order chi connectivity index (χ1) is 10.8. The van der Waals surface area contributed by atoms with Crippen LogP contribution in [0, 0.1) is 17.8 Å². The van der Waals surface area contributed by atoms with Gasteiger partial charge >= 0.3 is 0 Å². The third-order valence-electron chi connectivity index (χ3n) is 4.84. The minimum atomic E-state index is 0.719. The van der Waals surface area contributed by atoms with Gasteiger partial charge in [0.05, 0.1) is 0 Å². The third-order valence-corrected chi connectivity index (χ3v) is 5.09. The Hall–Kier alpha value is -1.67. The van der Waals surface area contributed by atoms with Crippen molar-refractivity contribution in [2.24, 2.45) is 17.8 Å². The summed E-state index contributed by atoms with van der Waals surface area (Å²) in [6, 6.07) is 15.6. The second-order valence-corrected chi connectivity index (χ2v) is 6.99. The van der Waals surface area contributed by atoms with Gasteiger partial charge in [-0.15, -0.1) is 0 Å². The fourth-order valence-electron chi connectivity index (χ4n) is 3.55. The SMILES string of the molecule is Clc1ccc(Oc2ccc(NCC3CC4CC4C3)cc2)cc1. The first-order valence-electron chi connectivity index (χ1n) is 8.03. The molecule has 2 aromatic rings. The first-order valence-corrected chi connectivity index (χ1v) is 8.41. The zero-order valence-electron chi connectivity index (χ0n) is 12.5. The topological polar surface area (TPSA) is 21.3 Å². The van der Waals surface area contributed by atoms with Crippen LogP contribution in [0.5, 0.6) is 11.5 Å². The van der Waals surface area contributed by atoms with E-state index in [-0.39, 0.29) is 0 Å². The lowest BCUT2D eigenvalue weighted by atomic mass is 10.0. The summed E-state index contributed by atoms with van der Waals surface area (Å²) in [4.78, 5) is 0. The van der Waals surface area contributed by atoms with Crippen LogP contribution >= 0.6 is 11.6 Å². The molecule has 0 saturated heterocycles. The van der Waals surface area contributed by atoms with Crippen molar-refractivity contribution in [1.82, 2.24) is 0 Å². The molecule has 2 saturated carbocycles. The van der Waals surface area contributed by atoms with Crippen molar-refractivity contribution in [3.05, 3.63) is 53.6 Å². The number of benzene rings is 2. The summed E-state index contributed by atoms with van der Waals surface area (Å²) in [5.41, 5.74) is 1.17. The molecule has 22 heavy (non-hydrogen) atoms. The zero-order chi connectivity index (χ0) is 14.9. The zero-order valence-corrected chi connectivity index (χ0v) is 13.2. The number of anilines is 1. The molecule has 2 atom stereocenters. The maximum atomic E-state index is 5.87. The van der Waals surface area contributed by atoms with Crippen molar-refractivity contribution in [3.8, 4) is 11.5 Å². The number of hydrogen-bond donors (Lipinski definition) is 1. The molecule has 0 aliphatic heterocycles. The Labute approximate surface area is 136 Å². The van der Waals surface area contributed by atoms with E-state index in [0.717, 1.165) is 40.8 Å². The van der Waals surface area contributed by atoms with E-state index in [9.17, 15) is 0 Å². The summed E-state index contributed by atoms with van der Waals surface area (Å²) in [6.45, 7) is 1.10. The monoisotopic (exact) mass is 313 g/mol. The van der Waals surface area contributed by atoms with Gasteiger partial charge in [-0.05, 0) is 85.5 Å². The van der Waals surface area contributed by atoms with E-state index in [1.54, 1.807) is 0 Å². The molecule has 0 amide bonds. The van der Waals surface area contributed by atoms with Crippen LogP contribution < -0.4 is 10.1 Å². The van der Waals surface area contributed by atoms with Crippen LogP contribution in [0.25, 0.3) is 0 Å². The molecular formula is C19H20ClNO. The molecule has 0 spiro atoms. The summed E-state index contributed by atoms with van der Waals surface area (Å²) >= 11 is 5.87. The first kappa shape index (κ1) is 14.0. The number of fused-ring (bicyclic) bond motifs is 1. The molecule has 2 aliphatic rings. The minimum absolute atomic E-state index is 0.719. The number of nitrogens with one attached hydrogen (secondary N) is 1. The highest BCUT2D eigenvalue weighted by molar-refractivity contribution is 6.30. The largest absolute Gasteiger partial charge is 0.457 e. The summed E-state index contributed by atoms with van der Waals surface area (Å²) in [5.74, 6) is 4.63. The Morgan fingerprint density at radius 2 is 1.45 bits per heavy atom. The van der Waals surface area contributed by atoms with Gasteiger partial charge in [-0.2, -0.15) is 0 Å². The number of ether oxygens (including phenoxy) is 1. The molecule has 2 aliphatic carbocycles. The Balaban J connectivity index is 1.31. The van der Waals surface area contributed by atoms with Gasteiger partial charge in [0.15, 0.2) is 0 Å². The molecule has 2 aromatic carbocycles. The molecule has 2 nitrogen and oxygen atoms in total. The lowest BCUT2D eigenvalue weighted by Crippen LogP contribution is -2.12. The summed E-state index contributed by atoms with van der Waals surface area (Å²) < 4.78 is 5.80. The Morgan fingerprint density at radius 3 is 2.09 bits per heavy atom. The van der Waals surface area contributed by atoms with Gasteiger partial charge in [0.2, 0.25) is 0 Å². The van der Waals surface area contributed by atoms with E-state index in [0.29, 0.717) is 0 Å². The van der Waals surface area contributed by atoms with Crippen LogP contribution in [0.1, 0.15) is 19.3 Å². The van der Waals surface area contributed by atoms with Crippen molar-refractivity contribution >= 4 is 17.3 Å². The molecule has 2 unspecified atom stereocenters. The number of halogens is 1. The quantitative estimate of drug-likeness (QED) is 0.776. The van der Waals surface area contributed by atoms with E-state index in [1.807, 2.05) is 36.4 Å². The van der Waals surface area contributed by atoms with Gasteiger partial charge in [0.1, 0.15) is 11.5 Å². The maximum absolute atomic E-state index is 5.87. The number of rotatable bonds is 5. The molecular weight excluding hydrogens is 294 g/mol. The average molecular weight is 314 g/mol. The third kappa shape index (κ3) is 3.22. The molecule has 4 rings (SSSR count). The second kappa shape index (κ2) is 5.85. The van der Waals surface area contributed by atoms with E-state index >= 15 is 0 Å². The minimum Gasteiger partial charge on any atom is -0.457 e. The van der Waals surface area contributed by atoms with Crippen LogP contribution in [0.15, 0.2) is 48.5 Å². The van der Waals surface area contributed by atoms with E-state index in [1.165, 1.54) is 24.9 Å². The van der Waals surface area contributed by atoms with Crippen molar-refractivity contribution in [2.45, 2.75) is 19.3 Å². The van der Waals surface area contributed by atoms with Crippen LogP contribution in [0.3, 0.4) is 0 Å². The van der Waals surface area contributed by atoms with E-state index in [4.69, 9.17) is 16.3 Å². The highest BCUT2D eigenvalue weighted by atomic mass is 35.5. The molecule has 0 bridgehead atoms. The van der Waals surface area contributed by atoms with Gasteiger partial charge in [-0.1, -0.05) is 11.6 Å². The van der Waals surface area contributed by atoms with E-state index < -0.39 is 0 Å². The molecule has 0 aromatic heterocycles. The van der Waals surface area contributed by atoms with Gasteiger partial charge in [-0.3, -0.25) is 0 Å². The normalized spacial score (nSPS) is 25.6. The average Bonchev–Trinajstić information content (AvgIpc) is 3.15. The highest BCUT2D eigenvalue weighted by Crippen LogP contribution is 2.54. The Kier molecular flexibility index (Phi) is 3.71. The van der Waals surface area contributed by atoms with Gasteiger partial charge in [-0.25, -0.2) is 0 Å². The van der Waals surface area contributed by atoms with Crippen molar-refractivity contribution in [2.75, 3.05) is 11.9 Å². The lowest BCUT2D eigenvalue weighted by Gasteiger charge is -2.14. The molecule has 2 fully saturated rings. The van der Waals surface area contributed by atoms with Crippen LogP contribution in [0.2, 0.25) is 5.02 Å². The Bertz CT molecular complexity index is 627. The van der Waals surface area contributed by atoms with Crippen LogP contribution in [0.4, 0.5) is 5.69 Å². The predicted molar refractivity (Wildman–Crippen MR) is 90.8 cm³/mol. The van der Waals surface area contributed by atoms with Crippen LogP contribution in [-0.2, 0) is 0 Å². The molecule has 0 heterocycles. The van der Waals surface area contributed by atoms with E-state index in [2.05, 4.69) is 17.4 Å². The lowest BCUT2D eigenvalue weighted by molar-refractivity contribution is 0.482. The predicted octanol–water partition coefficient (Wildman–Crippen LogP) is 5.59. The molecule has 0 radical (unpaired) electrons. The molecule has 1 N–H and O–H groups in total. The van der Waals surface area contributed by atoms with Gasteiger partial charge in [0.25, 0.3) is 0 Å². The smallest absolute Gasteiger partial charge is 0.127 e. The fourth-order valence-corrected chi connectivity index (χ4v) is 3.67. The van der Waals surface area contributed by atoms with Gasteiger partial charge < -0.3 is 10.1 Å². The Morgan fingerprint density at radius 1 is 0.864 bits per heavy atom. The molecule has 114 valence electrons. The van der Waals surface area contributed by atoms with Crippen molar-refractivity contribution in [1.29, 1.82) is 0 Å². The van der Waals surface area contributed by atoms with Gasteiger partial charge in [0, 0.05) is 17.3 Å². The van der Waals surface area contributed by atoms with Crippen LogP contribution in [-0.4, -0.2) is 6.54 Å². The standard InChI is InChI=1S/C19H20ClNO/c20-16-1-5-18(6-2-16)22-19-7-3-17(4-8-19)21-12-13-9-14-11-15(14)10-13/h1-8,13-15,21H,9-12H2. The van der Waals surface area contributed by atoms with Crippen molar-refractivity contribution < 1.29 is 4.74 Å². The summed E-state index contributed by atoms with van der Waals surface area (Å²) in [7, 11) is 0. The summed E-state index contributed by atoms with van der Waals surface area (Å²) in [6.07, 6.45) is 4.35. The molecule has 3 heteroatoms. The number of hydrogen-bond acceptors (Lipinski definition) is 2. The second-order valence-electron chi connectivity index (χ2n) is 6.55. The maximum Gasteiger partial charge on any atom is 0.127 e. The summed E-state index contributed by atoms with van der Waals surface area (Å²) in [5, 5.41) is 4.27. The van der Waals surface area contributed by atoms with Crippen molar-refractivity contribution in [3.63, 3.8) is 0 Å².